The average molecular weight is 331 g/mol. The van der Waals surface area contributed by atoms with Crippen molar-refractivity contribution in [3.05, 3.63) is 95.1 Å². The van der Waals surface area contributed by atoms with Gasteiger partial charge in [-0.25, -0.2) is 0 Å². The van der Waals surface area contributed by atoms with E-state index in [1.54, 1.807) is 0 Å². The first-order valence-corrected chi connectivity index (χ1v) is 9.30. The zero-order valence-corrected chi connectivity index (χ0v) is 16.3. The van der Waals surface area contributed by atoms with E-state index in [1.165, 1.54) is 33.4 Å². The first kappa shape index (κ1) is 19.0. The fourth-order valence-electron chi connectivity index (χ4n) is 3.53. The number of benzene rings is 2. The molecule has 0 heterocycles. The molecule has 1 aliphatic rings. The van der Waals surface area contributed by atoms with Crippen molar-refractivity contribution in [3.63, 3.8) is 0 Å². The predicted molar refractivity (Wildman–Crippen MR) is 113 cm³/mol. The fraction of sp³-hybridized carbons (Fsp3) is 0.280. The predicted octanol–water partition coefficient (Wildman–Crippen LogP) is 7.26. The van der Waals surface area contributed by atoms with Crippen molar-refractivity contribution in [2.45, 2.75) is 41.0 Å². The van der Waals surface area contributed by atoms with E-state index < -0.39 is 0 Å². The van der Waals surface area contributed by atoms with Gasteiger partial charge in [0.05, 0.1) is 0 Å². The maximum Gasteiger partial charge on any atom is -0.0147 e. The van der Waals surface area contributed by atoms with Gasteiger partial charge in [0, 0.05) is 0 Å². The summed E-state index contributed by atoms with van der Waals surface area (Å²) < 4.78 is 0. The van der Waals surface area contributed by atoms with E-state index in [0.717, 1.165) is 12.0 Å². The van der Waals surface area contributed by atoms with Gasteiger partial charge in [0.25, 0.3) is 0 Å². The number of hydrogen-bond donors (Lipinski definition) is 0. The summed E-state index contributed by atoms with van der Waals surface area (Å²) in [6, 6.07) is 17.2. The van der Waals surface area contributed by atoms with Crippen molar-refractivity contribution >= 4 is 11.1 Å². The van der Waals surface area contributed by atoms with E-state index in [1.807, 2.05) is 13.8 Å². The highest BCUT2D eigenvalue weighted by atomic mass is 14.2. The second kappa shape index (κ2) is 8.67. The van der Waals surface area contributed by atoms with Gasteiger partial charge in [-0.15, -0.1) is 0 Å². The van der Waals surface area contributed by atoms with Crippen LogP contribution in [0.2, 0.25) is 0 Å². The zero-order chi connectivity index (χ0) is 18.4. The Morgan fingerprint density at radius 1 is 1.00 bits per heavy atom. The highest BCUT2D eigenvalue weighted by molar-refractivity contribution is 5.78. The van der Waals surface area contributed by atoms with Crippen LogP contribution in [-0.4, -0.2) is 0 Å². The number of fused-ring (bicyclic) bond motifs is 1. The van der Waals surface area contributed by atoms with E-state index in [9.17, 15) is 0 Å². The Morgan fingerprint density at radius 3 is 2.36 bits per heavy atom. The summed E-state index contributed by atoms with van der Waals surface area (Å²) in [7, 11) is 0. The van der Waals surface area contributed by atoms with Gasteiger partial charge in [0.15, 0.2) is 0 Å². The highest BCUT2D eigenvalue weighted by Crippen LogP contribution is 2.35. The summed E-state index contributed by atoms with van der Waals surface area (Å²) in [6.45, 7) is 14.9. The van der Waals surface area contributed by atoms with Crippen LogP contribution in [-0.2, 0) is 6.42 Å². The molecule has 0 heteroatoms. The van der Waals surface area contributed by atoms with Crippen LogP contribution >= 0.6 is 0 Å². The molecule has 0 bridgehead atoms. The van der Waals surface area contributed by atoms with Gasteiger partial charge >= 0.3 is 0 Å². The summed E-state index contributed by atoms with van der Waals surface area (Å²) in [5.74, 6) is 0.547. The molecule has 130 valence electrons. The van der Waals surface area contributed by atoms with E-state index in [4.69, 9.17) is 0 Å². The van der Waals surface area contributed by atoms with Gasteiger partial charge in [0.1, 0.15) is 0 Å². The molecule has 1 unspecified atom stereocenters. The Kier molecular flexibility index (Phi) is 6.58. The number of allylic oxidation sites excluding steroid dienone is 5. The molecular weight excluding hydrogens is 300 g/mol. The van der Waals surface area contributed by atoms with Gasteiger partial charge in [-0.2, -0.15) is 0 Å². The first-order chi connectivity index (χ1) is 12.1. The molecule has 3 rings (SSSR count). The van der Waals surface area contributed by atoms with Gasteiger partial charge in [-0.1, -0.05) is 88.0 Å². The van der Waals surface area contributed by atoms with E-state index >= 15 is 0 Å². The number of hydrogen-bond acceptors (Lipinski definition) is 0. The number of rotatable bonds is 3. The molecule has 25 heavy (non-hydrogen) atoms. The zero-order valence-electron chi connectivity index (χ0n) is 16.3. The molecule has 0 saturated heterocycles. The maximum atomic E-state index is 4.26. The monoisotopic (exact) mass is 330 g/mol. The standard InChI is InChI=1S/C23H24.C2H6/c1-16-9-5-7-11-21(16)17(2)13-14-22-18(3)15-20-10-6-8-12-23(20)19(22)4;1-2/h5-14,18H,2,15H2,1,3-4H3;1-2H3/b14-13-;. The largest absolute Gasteiger partial charge is 0.0911 e. The number of aryl methyl sites for hydroxylation is 1. The molecule has 0 aromatic heterocycles. The molecule has 0 N–H and O–H groups in total. The summed E-state index contributed by atoms with van der Waals surface area (Å²) in [4.78, 5) is 0. The summed E-state index contributed by atoms with van der Waals surface area (Å²) >= 11 is 0. The highest BCUT2D eigenvalue weighted by Gasteiger charge is 2.19. The third-order valence-corrected chi connectivity index (χ3v) is 4.87. The Hall–Kier alpha value is -2.34. The quantitative estimate of drug-likeness (QED) is 0.520. The molecular formula is C25H30. The van der Waals surface area contributed by atoms with Gasteiger partial charge in [-0.3, -0.25) is 0 Å². The van der Waals surface area contributed by atoms with Crippen molar-refractivity contribution in [3.8, 4) is 0 Å². The molecule has 0 aliphatic heterocycles. The first-order valence-electron chi connectivity index (χ1n) is 9.30. The smallest absolute Gasteiger partial charge is 0.0147 e. The summed E-state index contributed by atoms with van der Waals surface area (Å²) in [5, 5.41) is 0. The summed E-state index contributed by atoms with van der Waals surface area (Å²) in [5.41, 5.74) is 9.26. The van der Waals surface area contributed by atoms with Crippen molar-refractivity contribution in [2.75, 3.05) is 0 Å². The maximum absolute atomic E-state index is 4.26. The Bertz CT molecular complexity index is 802. The van der Waals surface area contributed by atoms with Gasteiger partial charge in [0.2, 0.25) is 0 Å². The molecule has 2 aromatic rings. The second-order valence-electron chi connectivity index (χ2n) is 6.52. The molecule has 0 amide bonds. The molecule has 1 aliphatic carbocycles. The molecule has 2 aromatic carbocycles. The Balaban J connectivity index is 0.00000109. The van der Waals surface area contributed by atoms with Crippen LogP contribution in [0, 0.1) is 12.8 Å². The average Bonchev–Trinajstić information content (AvgIpc) is 2.63. The minimum atomic E-state index is 0.547. The topological polar surface area (TPSA) is 0 Å². The summed E-state index contributed by atoms with van der Waals surface area (Å²) in [6.07, 6.45) is 5.56. The molecule has 0 fully saturated rings. The van der Waals surface area contributed by atoms with E-state index in [0.29, 0.717) is 5.92 Å². The minimum Gasteiger partial charge on any atom is -0.0911 e. The van der Waals surface area contributed by atoms with Crippen molar-refractivity contribution in [1.82, 2.24) is 0 Å². The van der Waals surface area contributed by atoms with Crippen molar-refractivity contribution < 1.29 is 0 Å². The van der Waals surface area contributed by atoms with Crippen LogP contribution < -0.4 is 0 Å². The van der Waals surface area contributed by atoms with Crippen molar-refractivity contribution in [2.24, 2.45) is 5.92 Å². The molecule has 0 saturated carbocycles. The van der Waals surface area contributed by atoms with Crippen LogP contribution in [0.5, 0.6) is 0 Å². The third-order valence-electron chi connectivity index (χ3n) is 4.87. The van der Waals surface area contributed by atoms with Crippen LogP contribution in [0.15, 0.2) is 72.8 Å². The van der Waals surface area contributed by atoms with Crippen LogP contribution in [0.3, 0.4) is 0 Å². The van der Waals surface area contributed by atoms with Gasteiger partial charge in [-0.05, 0) is 65.2 Å². The van der Waals surface area contributed by atoms with Crippen molar-refractivity contribution in [1.29, 1.82) is 0 Å². The fourth-order valence-corrected chi connectivity index (χ4v) is 3.53. The van der Waals surface area contributed by atoms with Gasteiger partial charge < -0.3 is 0 Å². The molecule has 0 nitrogen and oxygen atoms in total. The molecule has 0 radical (unpaired) electrons. The minimum absolute atomic E-state index is 0.547. The van der Waals surface area contributed by atoms with E-state index in [2.05, 4.69) is 88.0 Å². The van der Waals surface area contributed by atoms with Crippen LogP contribution in [0.25, 0.3) is 11.1 Å². The van der Waals surface area contributed by atoms with Crippen LogP contribution in [0.1, 0.15) is 49.9 Å². The third kappa shape index (κ3) is 4.20. The normalized spacial score (nSPS) is 16.3. The Labute approximate surface area is 153 Å². The van der Waals surface area contributed by atoms with Crippen LogP contribution in [0.4, 0.5) is 0 Å². The van der Waals surface area contributed by atoms with E-state index in [-0.39, 0.29) is 0 Å². The molecule has 0 spiro atoms. The lowest BCUT2D eigenvalue weighted by atomic mass is 9.79. The molecule has 1 atom stereocenters. The Morgan fingerprint density at radius 2 is 1.64 bits per heavy atom. The lowest BCUT2D eigenvalue weighted by molar-refractivity contribution is 0.683. The lowest BCUT2D eigenvalue weighted by Gasteiger charge is -2.25. The SMILES string of the molecule is C=C(/C=C\C1=C(C)c2ccccc2CC1C)c1ccccc1C.CC. The second-order valence-corrected chi connectivity index (χ2v) is 6.52. The lowest BCUT2D eigenvalue weighted by Crippen LogP contribution is -2.11.